The summed E-state index contributed by atoms with van der Waals surface area (Å²) in [6, 6.07) is 8.12. The van der Waals surface area contributed by atoms with Gasteiger partial charge in [0.2, 0.25) is 5.91 Å². The van der Waals surface area contributed by atoms with Crippen LogP contribution in [0.15, 0.2) is 24.3 Å². The maximum Gasteiger partial charge on any atom is 0.238 e. The van der Waals surface area contributed by atoms with Gasteiger partial charge in [0.15, 0.2) is 0 Å². The van der Waals surface area contributed by atoms with Crippen LogP contribution < -0.4 is 11.1 Å². The molecule has 4 heteroatoms. The van der Waals surface area contributed by atoms with Gasteiger partial charge in [-0.25, -0.2) is 0 Å². The average molecular weight is 291 g/mol. The van der Waals surface area contributed by atoms with Crippen molar-refractivity contribution in [3.63, 3.8) is 0 Å². The van der Waals surface area contributed by atoms with Gasteiger partial charge in [-0.3, -0.25) is 9.69 Å². The third-order valence-electron chi connectivity index (χ3n) is 3.83. The van der Waals surface area contributed by atoms with Gasteiger partial charge in [0, 0.05) is 18.3 Å². The van der Waals surface area contributed by atoms with Crippen molar-refractivity contribution in [2.75, 3.05) is 18.4 Å². The van der Waals surface area contributed by atoms with Crippen LogP contribution in [-0.2, 0) is 11.3 Å². The zero-order valence-electron chi connectivity index (χ0n) is 13.6. The van der Waals surface area contributed by atoms with E-state index in [0.717, 1.165) is 37.1 Å². The first-order chi connectivity index (χ1) is 10.1. The Labute approximate surface area is 128 Å². The van der Waals surface area contributed by atoms with Gasteiger partial charge >= 0.3 is 0 Å². The van der Waals surface area contributed by atoms with Crippen LogP contribution in [0.1, 0.15) is 45.6 Å². The summed E-state index contributed by atoms with van der Waals surface area (Å²) < 4.78 is 0. The number of anilines is 1. The van der Waals surface area contributed by atoms with Gasteiger partial charge in [-0.15, -0.1) is 0 Å². The van der Waals surface area contributed by atoms with E-state index in [1.54, 1.807) is 0 Å². The molecule has 118 valence electrons. The Kier molecular flexibility index (Phi) is 8.01. The van der Waals surface area contributed by atoms with E-state index in [4.69, 9.17) is 5.73 Å². The van der Waals surface area contributed by atoms with Crippen molar-refractivity contribution in [3.05, 3.63) is 29.8 Å². The molecule has 0 radical (unpaired) electrons. The van der Waals surface area contributed by atoms with Gasteiger partial charge in [-0.1, -0.05) is 32.4 Å². The highest BCUT2D eigenvalue weighted by molar-refractivity contribution is 5.92. The molecule has 0 spiro atoms. The number of hydrogen-bond acceptors (Lipinski definition) is 3. The standard InChI is InChI=1S/C17H29N3O/c1-4-6-11-20(14(3)5-2)13-17(21)19-16-9-7-15(12-18)8-10-16/h7-10,14H,4-6,11-13,18H2,1-3H3,(H,19,21). The van der Waals surface area contributed by atoms with Crippen molar-refractivity contribution in [2.24, 2.45) is 5.73 Å². The topological polar surface area (TPSA) is 58.4 Å². The predicted octanol–water partition coefficient (Wildman–Crippen LogP) is 2.98. The molecule has 1 aromatic rings. The highest BCUT2D eigenvalue weighted by atomic mass is 16.2. The molecule has 1 unspecified atom stereocenters. The molecule has 3 N–H and O–H groups in total. The SMILES string of the molecule is CCCCN(CC(=O)Nc1ccc(CN)cc1)C(C)CC. The third kappa shape index (κ3) is 6.27. The van der Waals surface area contributed by atoms with Gasteiger partial charge in [0.05, 0.1) is 6.54 Å². The number of carbonyl (C=O) groups is 1. The minimum atomic E-state index is 0.0481. The summed E-state index contributed by atoms with van der Waals surface area (Å²) in [7, 11) is 0. The van der Waals surface area contributed by atoms with E-state index >= 15 is 0 Å². The number of amides is 1. The minimum absolute atomic E-state index is 0.0481. The molecule has 0 heterocycles. The van der Waals surface area contributed by atoms with Crippen LogP contribution in [-0.4, -0.2) is 29.9 Å². The minimum Gasteiger partial charge on any atom is -0.326 e. The van der Waals surface area contributed by atoms with Crippen LogP contribution in [0.2, 0.25) is 0 Å². The molecular weight excluding hydrogens is 262 g/mol. The maximum absolute atomic E-state index is 12.2. The largest absolute Gasteiger partial charge is 0.326 e. The molecule has 1 atom stereocenters. The molecule has 1 rings (SSSR count). The number of unbranched alkanes of at least 4 members (excludes halogenated alkanes) is 1. The first-order valence-electron chi connectivity index (χ1n) is 7.93. The lowest BCUT2D eigenvalue weighted by Gasteiger charge is -2.27. The Morgan fingerprint density at radius 3 is 2.48 bits per heavy atom. The van der Waals surface area contributed by atoms with E-state index in [0.29, 0.717) is 19.1 Å². The van der Waals surface area contributed by atoms with E-state index in [-0.39, 0.29) is 5.91 Å². The lowest BCUT2D eigenvalue weighted by molar-refractivity contribution is -0.117. The monoisotopic (exact) mass is 291 g/mol. The summed E-state index contributed by atoms with van der Waals surface area (Å²) in [6.07, 6.45) is 3.33. The molecule has 0 saturated heterocycles. The van der Waals surface area contributed by atoms with Crippen LogP contribution in [0.3, 0.4) is 0 Å². The Morgan fingerprint density at radius 1 is 1.29 bits per heavy atom. The number of carbonyl (C=O) groups excluding carboxylic acids is 1. The second kappa shape index (κ2) is 9.53. The summed E-state index contributed by atoms with van der Waals surface area (Å²) in [5.41, 5.74) is 7.47. The van der Waals surface area contributed by atoms with Gasteiger partial charge in [0.25, 0.3) is 0 Å². The van der Waals surface area contributed by atoms with Crippen molar-refractivity contribution in [2.45, 2.75) is 52.6 Å². The van der Waals surface area contributed by atoms with Crippen molar-refractivity contribution in [1.82, 2.24) is 4.90 Å². The molecule has 0 bridgehead atoms. The Bertz CT molecular complexity index is 417. The zero-order valence-corrected chi connectivity index (χ0v) is 13.6. The number of benzene rings is 1. The third-order valence-corrected chi connectivity index (χ3v) is 3.83. The molecule has 0 aliphatic rings. The molecule has 1 amide bonds. The van der Waals surface area contributed by atoms with Gasteiger partial charge in [-0.05, 0) is 44.0 Å². The molecule has 4 nitrogen and oxygen atoms in total. The van der Waals surface area contributed by atoms with E-state index in [9.17, 15) is 4.79 Å². The quantitative estimate of drug-likeness (QED) is 0.735. The summed E-state index contributed by atoms with van der Waals surface area (Å²) >= 11 is 0. The van der Waals surface area contributed by atoms with Crippen molar-refractivity contribution < 1.29 is 4.79 Å². The normalized spacial score (nSPS) is 12.4. The molecule has 0 aliphatic carbocycles. The van der Waals surface area contributed by atoms with Crippen molar-refractivity contribution in [1.29, 1.82) is 0 Å². The number of nitrogens with zero attached hydrogens (tertiary/aromatic N) is 1. The molecule has 0 aliphatic heterocycles. The van der Waals surface area contributed by atoms with Crippen molar-refractivity contribution in [3.8, 4) is 0 Å². The van der Waals surface area contributed by atoms with E-state index in [1.165, 1.54) is 0 Å². The second-order valence-electron chi connectivity index (χ2n) is 5.53. The molecule has 21 heavy (non-hydrogen) atoms. The summed E-state index contributed by atoms with van der Waals surface area (Å²) in [6.45, 7) is 8.46. The number of rotatable bonds is 9. The highest BCUT2D eigenvalue weighted by Gasteiger charge is 2.15. The van der Waals surface area contributed by atoms with E-state index in [1.807, 2.05) is 24.3 Å². The fourth-order valence-corrected chi connectivity index (χ4v) is 2.18. The van der Waals surface area contributed by atoms with Crippen LogP contribution >= 0.6 is 0 Å². The molecule has 1 aromatic carbocycles. The number of hydrogen-bond donors (Lipinski definition) is 2. The average Bonchev–Trinajstić information content (AvgIpc) is 2.51. The number of nitrogens with two attached hydrogens (primary N) is 1. The van der Waals surface area contributed by atoms with Crippen LogP contribution in [0.4, 0.5) is 5.69 Å². The van der Waals surface area contributed by atoms with Gasteiger partial charge in [0.1, 0.15) is 0 Å². The lowest BCUT2D eigenvalue weighted by atomic mass is 10.2. The van der Waals surface area contributed by atoms with E-state index < -0.39 is 0 Å². The Balaban J connectivity index is 2.55. The smallest absolute Gasteiger partial charge is 0.238 e. The first-order valence-corrected chi connectivity index (χ1v) is 7.93. The van der Waals surface area contributed by atoms with Crippen molar-refractivity contribution >= 4 is 11.6 Å². The Hall–Kier alpha value is -1.39. The zero-order chi connectivity index (χ0) is 15.7. The fourth-order valence-electron chi connectivity index (χ4n) is 2.18. The predicted molar refractivity (Wildman–Crippen MR) is 89.2 cm³/mol. The Morgan fingerprint density at radius 2 is 1.95 bits per heavy atom. The second-order valence-corrected chi connectivity index (χ2v) is 5.53. The van der Waals surface area contributed by atoms with Gasteiger partial charge < -0.3 is 11.1 Å². The molecular formula is C17H29N3O. The lowest BCUT2D eigenvalue weighted by Crippen LogP contribution is -2.39. The summed E-state index contributed by atoms with van der Waals surface area (Å²) in [5, 5.41) is 2.96. The molecule has 0 saturated carbocycles. The maximum atomic E-state index is 12.2. The van der Waals surface area contributed by atoms with Crippen LogP contribution in [0.5, 0.6) is 0 Å². The fraction of sp³-hybridized carbons (Fsp3) is 0.588. The molecule has 0 aromatic heterocycles. The molecule has 0 fully saturated rings. The summed E-state index contributed by atoms with van der Waals surface area (Å²) in [5.74, 6) is 0.0481. The van der Waals surface area contributed by atoms with Crippen LogP contribution in [0.25, 0.3) is 0 Å². The first kappa shape index (κ1) is 17.7. The van der Waals surface area contributed by atoms with Crippen LogP contribution in [0, 0.1) is 0 Å². The van der Waals surface area contributed by atoms with E-state index in [2.05, 4.69) is 31.0 Å². The highest BCUT2D eigenvalue weighted by Crippen LogP contribution is 2.10. The summed E-state index contributed by atoms with van der Waals surface area (Å²) in [4.78, 5) is 14.4. The van der Waals surface area contributed by atoms with Gasteiger partial charge in [-0.2, -0.15) is 0 Å². The number of nitrogens with one attached hydrogen (secondary N) is 1.